The van der Waals surface area contributed by atoms with Crippen LogP contribution in [0.1, 0.15) is 41.5 Å². The maximum atomic E-state index is 13.0. The van der Waals surface area contributed by atoms with Gasteiger partial charge in [0.2, 0.25) is 0 Å². The highest BCUT2D eigenvalue weighted by atomic mass is 16.6. The van der Waals surface area contributed by atoms with Crippen LogP contribution < -0.4 is 0 Å². The lowest BCUT2D eigenvalue weighted by atomic mass is 9.91. The van der Waals surface area contributed by atoms with Crippen LogP contribution in [0.2, 0.25) is 0 Å². The van der Waals surface area contributed by atoms with E-state index >= 15 is 0 Å². The molecular weight excluding hydrogens is 356 g/mol. The molecule has 7 nitrogen and oxygen atoms in total. The average Bonchev–Trinajstić information content (AvgIpc) is 3.20. The predicted octanol–water partition coefficient (Wildman–Crippen LogP) is 2.94. The summed E-state index contributed by atoms with van der Waals surface area (Å²) in [7, 11) is 0. The van der Waals surface area contributed by atoms with Crippen LogP contribution >= 0.6 is 0 Å². The van der Waals surface area contributed by atoms with Crippen molar-refractivity contribution in [1.82, 2.24) is 19.6 Å². The van der Waals surface area contributed by atoms with E-state index < -0.39 is 5.60 Å². The van der Waals surface area contributed by atoms with Gasteiger partial charge in [0.25, 0.3) is 5.91 Å². The molecule has 0 N–H and O–H groups in total. The van der Waals surface area contributed by atoms with Crippen molar-refractivity contribution >= 4 is 12.0 Å². The first kappa shape index (κ1) is 18.5. The van der Waals surface area contributed by atoms with E-state index in [1.165, 1.54) is 0 Å². The van der Waals surface area contributed by atoms with Crippen LogP contribution in [0.4, 0.5) is 4.79 Å². The molecule has 2 aliphatic rings. The highest BCUT2D eigenvalue weighted by Gasteiger charge is 2.47. The molecule has 148 valence electrons. The fourth-order valence-corrected chi connectivity index (χ4v) is 4.16. The number of carbonyl (C=O) groups is 2. The number of amides is 2. The summed E-state index contributed by atoms with van der Waals surface area (Å²) >= 11 is 0. The number of hydrogen-bond acceptors (Lipinski definition) is 4. The Balaban J connectivity index is 1.47. The largest absolute Gasteiger partial charge is 0.441 e. The van der Waals surface area contributed by atoms with Crippen LogP contribution in [-0.2, 0) is 4.74 Å². The van der Waals surface area contributed by atoms with Crippen molar-refractivity contribution < 1.29 is 14.3 Å². The van der Waals surface area contributed by atoms with Gasteiger partial charge in [-0.3, -0.25) is 4.79 Å². The Hall–Kier alpha value is -2.83. The number of hydrogen-bond donors (Lipinski definition) is 0. The molecule has 3 heterocycles. The van der Waals surface area contributed by atoms with Gasteiger partial charge in [-0.2, -0.15) is 5.10 Å². The number of nitrogens with zero attached hydrogens (tertiary/aromatic N) is 4. The van der Waals surface area contributed by atoms with Crippen molar-refractivity contribution in [1.29, 1.82) is 0 Å². The van der Waals surface area contributed by atoms with E-state index in [0.717, 1.165) is 17.1 Å². The van der Waals surface area contributed by atoms with E-state index in [1.807, 2.05) is 60.7 Å². The van der Waals surface area contributed by atoms with E-state index in [9.17, 15) is 9.59 Å². The van der Waals surface area contributed by atoms with Gasteiger partial charge in [0.05, 0.1) is 17.9 Å². The second-order valence-corrected chi connectivity index (χ2v) is 7.75. The Bertz CT molecular complexity index is 912. The van der Waals surface area contributed by atoms with Gasteiger partial charge < -0.3 is 14.5 Å². The molecule has 4 rings (SSSR count). The molecule has 1 aromatic carbocycles. The Morgan fingerprint density at radius 3 is 2.57 bits per heavy atom. The molecule has 2 aromatic rings. The standard InChI is InChI=1S/C21H26N4O3/c1-4-23-14-21(28-20(23)27)8-10-24(11-9-21)19(26)17-6-5-7-18(13-17)25-16(3)12-15(2)22-25/h5-7,12-13H,4,8-11,14H2,1-3H3. The lowest BCUT2D eigenvalue weighted by Crippen LogP contribution is -2.48. The molecule has 2 amide bonds. The summed E-state index contributed by atoms with van der Waals surface area (Å²) in [4.78, 5) is 28.6. The van der Waals surface area contributed by atoms with Crippen molar-refractivity contribution in [3.8, 4) is 5.69 Å². The summed E-state index contributed by atoms with van der Waals surface area (Å²) in [5, 5.41) is 4.50. The number of aryl methyl sites for hydroxylation is 2. The predicted molar refractivity (Wildman–Crippen MR) is 105 cm³/mol. The number of ether oxygens (including phenoxy) is 1. The minimum absolute atomic E-state index is 0.00917. The first-order chi connectivity index (χ1) is 13.4. The number of rotatable bonds is 3. The highest BCUT2D eigenvalue weighted by Crippen LogP contribution is 2.33. The topological polar surface area (TPSA) is 67.7 Å². The van der Waals surface area contributed by atoms with Gasteiger partial charge in [-0.15, -0.1) is 0 Å². The zero-order valence-electron chi connectivity index (χ0n) is 16.6. The number of piperidine rings is 1. The van der Waals surface area contributed by atoms with E-state index in [2.05, 4.69) is 5.10 Å². The second kappa shape index (κ2) is 6.96. The number of aromatic nitrogens is 2. The van der Waals surface area contributed by atoms with Crippen LogP contribution in [0.15, 0.2) is 30.3 Å². The minimum atomic E-state index is -0.435. The number of likely N-dealkylation sites (tertiary alicyclic amines) is 1. The van der Waals surface area contributed by atoms with Crippen LogP contribution in [0.5, 0.6) is 0 Å². The Kier molecular flexibility index (Phi) is 4.61. The maximum Gasteiger partial charge on any atom is 0.410 e. The summed E-state index contributed by atoms with van der Waals surface area (Å²) in [6, 6.07) is 9.60. The third-order valence-electron chi connectivity index (χ3n) is 5.73. The molecule has 0 unspecified atom stereocenters. The van der Waals surface area contributed by atoms with Crippen molar-refractivity contribution in [2.75, 3.05) is 26.2 Å². The molecule has 0 aliphatic carbocycles. The molecule has 2 fully saturated rings. The Morgan fingerprint density at radius 1 is 1.21 bits per heavy atom. The molecule has 0 radical (unpaired) electrons. The molecule has 1 spiro atoms. The molecule has 0 bridgehead atoms. The summed E-state index contributed by atoms with van der Waals surface area (Å²) in [5.74, 6) is 0.00917. The van der Waals surface area contributed by atoms with Gasteiger partial charge in [-0.25, -0.2) is 9.48 Å². The van der Waals surface area contributed by atoms with Crippen molar-refractivity contribution in [2.24, 2.45) is 0 Å². The normalized spacial score (nSPS) is 18.6. The Morgan fingerprint density at radius 2 is 1.96 bits per heavy atom. The zero-order valence-corrected chi connectivity index (χ0v) is 16.6. The lowest BCUT2D eigenvalue weighted by molar-refractivity contribution is 0.00314. The minimum Gasteiger partial charge on any atom is -0.441 e. The van der Waals surface area contributed by atoms with Crippen LogP contribution in [-0.4, -0.2) is 63.4 Å². The molecule has 2 saturated heterocycles. The molecule has 2 aliphatic heterocycles. The number of likely N-dealkylation sites (N-methyl/N-ethyl adjacent to an activating group) is 1. The molecule has 1 aromatic heterocycles. The first-order valence-electron chi connectivity index (χ1n) is 9.82. The lowest BCUT2D eigenvalue weighted by Gasteiger charge is -2.37. The summed E-state index contributed by atoms with van der Waals surface area (Å²) in [6.45, 7) is 8.37. The smallest absolute Gasteiger partial charge is 0.410 e. The van der Waals surface area contributed by atoms with E-state index in [4.69, 9.17) is 4.74 Å². The zero-order chi connectivity index (χ0) is 19.9. The van der Waals surface area contributed by atoms with E-state index in [0.29, 0.717) is 44.6 Å². The highest BCUT2D eigenvalue weighted by molar-refractivity contribution is 5.94. The van der Waals surface area contributed by atoms with Crippen LogP contribution in [0.25, 0.3) is 5.69 Å². The second-order valence-electron chi connectivity index (χ2n) is 7.75. The average molecular weight is 382 g/mol. The van der Waals surface area contributed by atoms with Crippen molar-refractivity contribution in [2.45, 2.75) is 39.2 Å². The molecule has 7 heteroatoms. The molecular formula is C21H26N4O3. The van der Waals surface area contributed by atoms with Gasteiger partial charge in [0.1, 0.15) is 5.60 Å². The molecule has 0 atom stereocenters. The van der Waals surface area contributed by atoms with Gasteiger partial charge in [0.15, 0.2) is 0 Å². The third-order valence-corrected chi connectivity index (χ3v) is 5.73. The number of benzene rings is 1. The van der Waals surface area contributed by atoms with E-state index in [1.54, 1.807) is 4.90 Å². The van der Waals surface area contributed by atoms with Gasteiger partial charge in [-0.1, -0.05) is 6.07 Å². The fourth-order valence-electron chi connectivity index (χ4n) is 4.16. The first-order valence-corrected chi connectivity index (χ1v) is 9.82. The fraction of sp³-hybridized carbons (Fsp3) is 0.476. The summed E-state index contributed by atoms with van der Waals surface area (Å²) in [6.07, 6.45) is 1.12. The van der Waals surface area contributed by atoms with Crippen molar-refractivity contribution in [3.05, 3.63) is 47.3 Å². The van der Waals surface area contributed by atoms with Crippen molar-refractivity contribution in [3.63, 3.8) is 0 Å². The quantitative estimate of drug-likeness (QED) is 0.819. The molecule has 0 saturated carbocycles. The van der Waals surface area contributed by atoms with Gasteiger partial charge >= 0.3 is 6.09 Å². The summed E-state index contributed by atoms with van der Waals surface area (Å²) in [5.41, 5.74) is 3.08. The van der Waals surface area contributed by atoms with Crippen LogP contribution in [0, 0.1) is 13.8 Å². The maximum absolute atomic E-state index is 13.0. The SMILES string of the molecule is CCN1CC2(CCN(C(=O)c3cccc(-n4nc(C)cc4C)c3)CC2)OC1=O. The van der Waals surface area contributed by atoms with Gasteiger partial charge in [0, 0.05) is 43.7 Å². The number of carbonyl (C=O) groups excluding carboxylic acids is 2. The van der Waals surface area contributed by atoms with E-state index in [-0.39, 0.29) is 12.0 Å². The molecule has 28 heavy (non-hydrogen) atoms. The Labute approximate surface area is 164 Å². The third kappa shape index (κ3) is 3.25. The summed E-state index contributed by atoms with van der Waals surface area (Å²) < 4.78 is 7.51. The van der Waals surface area contributed by atoms with Crippen LogP contribution in [0.3, 0.4) is 0 Å². The monoisotopic (exact) mass is 382 g/mol. The van der Waals surface area contributed by atoms with Gasteiger partial charge in [-0.05, 0) is 45.0 Å².